The van der Waals surface area contributed by atoms with Crippen molar-refractivity contribution in [1.29, 1.82) is 0 Å². The molecule has 1 aromatic heterocycles. The summed E-state index contributed by atoms with van der Waals surface area (Å²) in [6.45, 7) is 9.09. The molecule has 0 spiro atoms. The Labute approximate surface area is 131 Å². The lowest BCUT2D eigenvalue weighted by Crippen LogP contribution is -2.21. The van der Waals surface area contributed by atoms with E-state index >= 15 is 0 Å². The Morgan fingerprint density at radius 1 is 1.38 bits per heavy atom. The van der Waals surface area contributed by atoms with Crippen molar-refractivity contribution in [3.05, 3.63) is 46.9 Å². The van der Waals surface area contributed by atoms with Gasteiger partial charge in [-0.2, -0.15) is 0 Å². The summed E-state index contributed by atoms with van der Waals surface area (Å²) in [5.41, 5.74) is 2.71. The minimum atomic E-state index is 0.760. The van der Waals surface area contributed by atoms with Crippen LogP contribution in [0, 0.1) is 0 Å². The molecule has 21 heavy (non-hydrogen) atoms. The van der Waals surface area contributed by atoms with Crippen LogP contribution in [0.15, 0.2) is 36.4 Å². The summed E-state index contributed by atoms with van der Waals surface area (Å²) in [6.07, 6.45) is 2.69. The minimum absolute atomic E-state index is 0.760. The Kier molecular flexibility index (Phi) is 4.43. The zero-order chi connectivity index (χ0) is 14.8. The molecule has 2 nitrogen and oxygen atoms in total. The predicted molar refractivity (Wildman–Crippen MR) is 92.8 cm³/mol. The molecule has 112 valence electrons. The van der Waals surface area contributed by atoms with Crippen LogP contribution in [0.4, 0.5) is 0 Å². The molecule has 0 amide bonds. The lowest BCUT2D eigenvalue weighted by molar-refractivity contribution is 0.356. The Morgan fingerprint density at radius 2 is 2.14 bits per heavy atom. The fourth-order valence-electron chi connectivity index (χ4n) is 2.78. The molecule has 3 heteroatoms. The highest BCUT2D eigenvalue weighted by molar-refractivity contribution is 7.19. The fraction of sp³-hybridized carbons (Fsp3) is 0.444. The van der Waals surface area contributed by atoms with E-state index in [1.807, 2.05) is 11.3 Å². The molecule has 0 bridgehead atoms. The summed E-state index contributed by atoms with van der Waals surface area (Å²) in [4.78, 5) is 3.86. The number of thiophene rings is 1. The van der Waals surface area contributed by atoms with E-state index in [4.69, 9.17) is 0 Å². The molecule has 1 aliphatic carbocycles. The fourth-order valence-corrected chi connectivity index (χ4v) is 3.94. The highest BCUT2D eigenvalue weighted by Gasteiger charge is 2.21. The van der Waals surface area contributed by atoms with E-state index < -0.39 is 0 Å². The van der Waals surface area contributed by atoms with Crippen molar-refractivity contribution in [2.24, 2.45) is 0 Å². The van der Waals surface area contributed by atoms with Gasteiger partial charge < -0.3 is 5.32 Å². The van der Waals surface area contributed by atoms with E-state index in [2.05, 4.69) is 55.0 Å². The number of benzene rings is 1. The molecule has 2 aromatic rings. The van der Waals surface area contributed by atoms with Crippen LogP contribution in [-0.4, -0.2) is 24.5 Å². The number of nitrogens with one attached hydrogen (secondary N) is 1. The monoisotopic (exact) mass is 300 g/mol. The van der Waals surface area contributed by atoms with Crippen molar-refractivity contribution < 1.29 is 0 Å². The Bertz CT molecular complexity index is 640. The van der Waals surface area contributed by atoms with Gasteiger partial charge in [0.1, 0.15) is 0 Å². The Hall–Kier alpha value is -1.16. The molecular formula is C18H24N2S. The summed E-state index contributed by atoms with van der Waals surface area (Å²) in [5.74, 6) is 0. The number of nitrogens with zero attached hydrogens (tertiary/aromatic N) is 1. The van der Waals surface area contributed by atoms with Gasteiger partial charge in [-0.05, 0) is 43.8 Å². The number of hydrogen-bond donors (Lipinski definition) is 1. The summed E-state index contributed by atoms with van der Waals surface area (Å²) < 4.78 is 1.41. The highest BCUT2D eigenvalue weighted by atomic mass is 32.1. The van der Waals surface area contributed by atoms with Crippen molar-refractivity contribution >= 4 is 21.4 Å². The van der Waals surface area contributed by atoms with Crippen molar-refractivity contribution in [3.63, 3.8) is 0 Å². The van der Waals surface area contributed by atoms with Crippen LogP contribution >= 0.6 is 11.3 Å². The van der Waals surface area contributed by atoms with Crippen LogP contribution in [0.1, 0.15) is 30.2 Å². The third-order valence-electron chi connectivity index (χ3n) is 3.88. The molecule has 0 saturated heterocycles. The van der Waals surface area contributed by atoms with Crippen molar-refractivity contribution in [2.75, 3.05) is 13.6 Å². The molecule has 1 heterocycles. The van der Waals surface area contributed by atoms with Gasteiger partial charge in [0, 0.05) is 35.3 Å². The van der Waals surface area contributed by atoms with Gasteiger partial charge in [-0.3, -0.25) is 4.90 Å². The maximum Gasteiger partial charge on any atom is 0.0349 e. The van der Waals surface area contributed by atoms with Gasteiger partial charge >= 0.3 is 0 Å². The molecule has 1 N–H and O–H groups in total. The van der Waals surface area contributed by atoms with Crippen LogP contribution in [0.3, 0.4) is 0 Å². The van der Waals surface area contributed by atoms with Gasteiger partial charge in [0.15, 0.2) is 0 Å². The molecule has 1 aliphatic rings. The smallest absolute Gasteiger partial charge is 0.0349 e. The first-order valence-electron chi connectivity index (χ1n) is 7.69. The Balaban J connectivity index is 1.84. The van der Waals surface area contributed by atoms with Crippen molar-refractivity contribution in [3.8, 4) is 0 Å². The second kappa shape index (κ2) is 6.30. The van der Waals surface area contributed by atoms with Gasteiger partial charge in [-0.25, -0.2) is 0 Å². The zero-order valence-corrected chi connectivity index (χ0v) is 13.8. The van der Waals surface area contributed by atoms with Crippen LogP contribution in [0.25, 0.3) is 10.1 Å². The summed E-state index contributed by atoms with van der Waals surface area (Å²) >= 11 is 1.94. The third-order valence-corrected chi connectivity index (χ3v) is 5.09. The van der Waals surface area contributed by atoms with Crippen LogP contribution in [-0.2, 0) is 13.1 Å². The first-order chi connectivity index (χ1) is 10.1. The van der Waals surface area contributed by atoms with Gasteiger partial charge in [0.2, 0.25) is 0 Å². The van der Waals surface area contributed by atoms with Crippen molar-refractivity contribution in [1.82, 2.24) is 10.2 Å². The highest BCUT2D eigenvalue weighted by Crippen LogP contribution is 2.33. The maximum absolute atomic E-state index is 4.03. The van der Waals surface area contributed by atoms with E-state index in [1.54, 1.807) is 0 Å². The first kappa shape index (κ1) is 14.8. The van der Waals surface area contributed by atoms with E-state index in [1.165, 1.54) is 38.9 Å². The molecule has 0 aliphatic heterocycles. The molecule has 0 radical (unpaired) electrons. The average molecular weight is 300 g/mol. The maximum atomic E-state index is 4.03. The molecule has 0 atom stereocenters. The van der Waals surface area contributed by atoms with Gasteiger partial charge in [-0.15, -0.1) is 11.3 Å². The van der Waals surface area contributed by atoms with Crippen molar-refractivity contribution in [2.45, 2.75) is 38.9 Å². The van der Waals surface area contributed by atoms with Gasteiger partial charge in [0.05, 0.1) is 0 Å². The summed E-state index contributed by atoms with van der Waals surface area (Å²) in [6, 6.07) is 9.55. The zero-order valence-electron chi connectivity index (χ0n) is 13.0. The number of likely N-dealkylation sites (N-methyl/N-ethyl adjacent to an activating group) is 1. The molecule has 1 saturated carbocycles. The number of rotatable bonds is 7. The van der Waals surface area contributed by atoms with Crippen LogP contribution in [0.2, 0.25) is 0 Å². The molecule has 1 aromatic carbocycles. The van der Waals surface area contributed by atoms with E-state index in [0.717, 1.165) is 25.7 Å². The molecule has 3 rings (SSSR count). The van der Waals surface area contributed by atoms with E-state index in [9.17, 15) is 0 Å². The standard InChI is InChI=1S/C18H24N2S/c1-13(2)11-20(3)12-16-15-6-4-5-7-17(15)21-18(16)10-19-14-8-9-14/h4-7,14,19H,1,8-12H2,2-3H3. The largest absolute Gasteiger partial charge is 0.309 e. The number of fused-ring (bicyclic) bond motifs is 1. The molecular weight excluding hydrogens is 276 g/mol. The predicted octanol–water partition coefficient (Wildman–Crippen LogP) is 4.16. The second-order valence-corrected chi connectivity index (χ2v) is 7.42. The normalized spacial score (nSPS) is 15.0. The topological polar surface area (TPSA) is 15.3 Å². The summed E-state index contributed by atoms with van der Waals surface area (Å²) in [7, 11) is 2.18. The van der Waals surface area contributed by atoms with Gasteiger partial charge in [-0.1, -0.05) is 30.4 Å². The lowest BCUT2D eigenvalue weighted by atomic mass is 10.1. The SMILES string of the molecule is C=C(C)CN(C)Cc1c(CNC2CC2)sc2ccccc12. The second-order valence-electron chi connectivity index (χ2n) is 6.28. The molecule has 0 unspecified atom stereocenters. The molecule has 1 fully saturated rings. The summed E-state index contributed by atoms with van der Waals surface area (Å²) in [5, 5.41) is 5.08. The van der Waals surface area contributed by atoms with Crippen LogP contribution in [0.5, 0.6) is 0 Å². The quantitative estimate of drug-likeness (QED) is 0.772. The number of hydrogen-bond acceptors (Lipinski definition) is 3. The average Bonchev–Trinajstić information content (AvgIpc) is 3.20. The van der Waals surface area contributed by atoms with E-state index in [0.29, 0.717) is 0 Å². The lowest BCUT2D eigenvalue weighted by Gasteiger charge is -2.17. The first-order valence-corrected chi connectivity index (χ1v) is 8.50. The van der Waals surface area contributed by atoms with Crippen LogP contribution < -0.4 is 5.32 Å². The van der Waals surface area contributed by atoms with E-state index in [-0.39, 0.29) is 0 Å². The third kappa shape index (κ3) is 3.73. The van der Waals surface area contributed by atoms with Gasteiger partial charge in [0.25, 0.3) is 0 Å². The Morgan fingerprint density at radius 3 is 2.86 bits per heavy atom. The minimum Gasteiger partial charge on any atom is -0.309 e.